The number of carbonyl (C=O) groups is 1. The van der Waals surface area contributed by atoms with Crippen LogP contribution < -0.4 is 0 Å². The molecule has 30 heavy (non-hydrogen) atoms. The van der Waals surface area contributed by atoms with Crippen molar-refractivity contribution in [2.75, 3.05) is 13.8 Å². The Labute approximate surface area is 178 Å². The molecule has 0 amide bonds. The summed E-state index contributed by atoms with van der Waals surface area (Å²) < 4.78 is 12.8. The average molecular weight is 410 g/mol. The standard InChI is InChI=1S/C24H31N3O3/c1-9-21(28)29-15-30-23(22-16(2)17(3)26-27(22)8)20(14-25-7)18-10-12-19(13-11-18)24(4,5)6/h9-14H,1,15H2,2-8H3/b23-20-,25-14-. The normalized spacial score (nSPS) is 12.6. The third kappa shape index (κ3) is 5.26. The molecular weight excluding hydrogens is 378 g/mol. The second kappa shape index (κ2) is 9.57. The van der Waals surface area contributed by atoms with Crippen LogP contribution in [0.3, 0.4) is 0 Å². The van der Waals surface area contributed by atoms with E-state index in [2.05, 4.69) is 61.7 Å². The summed E-state index contributed by atoms with van der Waals surface area (Å²) in [4.78, 5) is 15.7. The van der Waals surface area contributed by atoms with E-state index < -0.39 is 5.97 Å². The highest BCUT2D eigenvalue weighted by atomic mass is 16.7. The molecule has 0 fully saturated rings. The minimum absolute atomic E-state index is 0.0508. The minimum Gasteiger partial charge on any atom is -0.454 e. The molecule has 2 aromatic rings. The van der Waals surface area contributed by atoms with Gasteiger partial charge in [-0.25, -0.2) is 4.79 Å². The lowest BCUT2D eigenvalue weighted by Crippen LogP contribution is -2.11. The number of hydrogen-bond acceptors (Lipinski definition) is 5. The summed E-state index contributed by atoms with van der Waals surface area (Å²) >= 11 is 0. The van der Waals surface area contributed by atoms with Crippen LogP contribution in [0.4, 0.5) is 0 Å². The van der Waals surface area contributed by atoms with Gasteiger partial charge in [-0.05, 0) is 30.4 Å². The van der Waals surface area contributed by atoms with Crippen LogP contribution in [-0.2, 0) is 26.7 Å². The molecule has 0 aliphatic rings. The lowest BCUT2D eigenvalue weighted by atomic mass is 9.86. The van der Waals surface area contributed by atoms with Crippen molar-refractivity contribution in [3.8, 4) is 0 Å². The van der Waals surface area contributed by atoms with E-state index >= 15 is 0 Å². The van der Waals surface area contributed by atoms with Crippen molar-refractivity contribution in [2.24, 2.45) is 12.0 Å². The first kappa shape index (κ1) is 23.1. The second-order valence-corrected chi connectivity index (χ2v) is 8.07. The van der Waals surface area contributed by atoms with Crippen LogP contribution in [0.2, 0.25) is 0 Å². The van der Waals surface area contributed by atoms with Gasteiger partial charge in [-0.2, -0.15) is 5.10 Å². The molecular formula is C24H31N3O3. The number of aryl methyl sites for hydroxylation is 2. The first-order valence-electron chi connectivity index (χ1n) is 9.80. The lowest BCUT2D eigenvalue weighted by Gasteiger charge is -2.20. The largest absolute Gasteiger partial charge is 0.454 e. The molecule has 0 atom stereocenters. The number of benzene rings is 1. The van der Waals surface area contributed by atoms with Gasteiger partial charge in [-0.3, -0.25) is 9.67 Å². The maximum atomic E-state index is 11.5. The summed E-state index contributed by atoms with van der Waals surface area (Å²) in [5.41, 5.74) is 5.68. The fourth-order valence-electron chi connectivity index (χ4n) is 3.10. The molecule has 2 rings (SSSR count). The molecule has 0 saturated heterocycles. The number of rotatable bonds is 7. The molecule has 0 N–H and O–H groups in total. The maximum Gasteiger partial charge on any atom is 0.333 e. The van der Waals surface area contributed by atoms with E-state index in [1.807, 2.05) is 20.9 Å². The summed E-state index contributed by atoms with van der Waals surface area (Å²) in [6, 6.07) is 8.32. The number of esters is 1. The molecule has 1 aromatic carbocycles. The van der Waals surface area contributed by atoms with E-state index in [4.69, 9.17) is 9.47 Å². The van der Waals surface area contributed by atoms with Crippen LogP contribution in [0.5, 0.6) is 0 Å². The molecule has 0 aliphatic carbocycles. The quantitative estimate of drug-likeness (QED) is 0.220. The highest BCUT2D eigenvalue weighted by molar-refractivity contribution is 6.18. The number of aromatic nitrogens is 2. The molecule has 0 saturated carbocycles. The molecule has 0 aliphatic heterocycles. The summed E-state index contributed by atoms with van der Waals surface area (Å²) in [6.07, 6.45) is 2.85. The van der Waals surface area contributed by atoms with Crippen molar-refractivity contribution >= 4 is 23.5 Å². The zero-order valence-electron chi connectivity index (χ0n) is 18.9. The number of nitrogens with zero attached hydrogens (tertiary/aromatic N) is 3. The Morgan fingerprint density at radius 2 is 1.83 bits per heavy atom. The third-order valence-electron chi connectivity index (χ3n) is 4.87. The molecule has 1 heterocycles. The predicted octanol–water partition coefficient (Wildman–Crippen LogP) is 4.61. The second-order valence-electron chi connectivity index (χ2n) is 8.07. The summed E-state index contributed by atoms with van der Waals surface area (Å²) in [5.74, 6) is -0.00549. The summed E-state index contributed by atoms with van der Waals surface area (Å²) in [7, 11) is 3.57. The van der Waals surface area contributed by atoms with Crippen LogP contribution in [0.15, 0.2) is 41.9 Å². The number of aliphatic imine (C=N–C) groups is 1. The van der Waals surface area contributed by atoms with Crippen LogP contribution in [0, 0.1) is 13.8 Å². The number of hydrogen-bond donors (Lipinski definition) is 0. The Morgan fingerprint density at radius 3 is 2.30 bits per heavy atom. The SMILES string of the molecule is C=CC(=O)OCO/C(=C(/C=N\C)c1ccc(C(C)(C)C)cc1)c1c(C)c(C)nn1C. The molecule has 6 nitrogen and oxygen atoms in total. The van der Waals surface area contributed by atoms with E-state index in [1.54, 1.807) is 17.9 Å². The zero-order valence-corrected chi connectivity index (χ0v) is 18.9. The number of ether oxygens (including phenoxy) is 2. The summed E-state index contributed by atoms with van der Waals surface area (Å²) in [6.45, 7) is 13.6. The maximum absolute atomic E-state index is 11.5. The van der Waals surface area contributed by atoms with E-state index in [-0.39, 0.29) is 12.2 Å². The van der Waals surface area contributed by atoms with Gasteiger partial charge in [-0.1, -0.05) is 51.6 Å². The molecule has 160 valence electrons. The topological polar surface area (TPSA) is 65.7 Å². The van der Waals surface area contributed by atoms with Gasteiger partial charge in [0.25, 0.3) is 0 Å². The van der Waals surface area contributed by atoms with Crippen molar-refractivity contribution in [1.82, 2.24) is 9.78 Å². The molecule has 0 radical (unpaired) electrons. The van der Waals surface area contributed by atoms with Crippen molar-refractivity contribution in [3.63, 3.8) is 0 Å². The van der Waals surface area contributed by atoms with Gasteiger partial charge in [0.05, 0.1) is 5.69 Å². The van der Waals surface area contributed by atoms with Crippen molar-refractivity contribution in [1.29, 1.82) is 0 Å². The first-order valence-corrected chi connectivity index (χ1v) is 9.80. The van der Waals surface area contributed by atoms with Crippen molar-refractivity contribution < 1.29 is 14.3 Å². The Balaban J connectivity index is 2.64. The van der Waals surface area contributed by atoms with Crippen LogP contribution in [0.25, 0.3) is 11.3 Å². The van der Waals surface area contributed by atoms with Crippen LogP contribution in [-0.4, -0.2) is 35.8 Å². The van der Waals surface area contributed by atoms with Gasteiger partial charge in [0.2, 0.25) is 6.79 Å². The Hall–Kier alpha value is -3.15. The third-order valence-corrected chi connectivity index (χ3v) is 4.87. The minimum atomic E-state index is -0.549. The highest BCUT2D eigenvalue weighted by Gasteiger charge is 2.21. The zero-order chi connectivity index (χ0) is 22.5. The van der Waals surface area contributed by atoms with Gasteiger partial charge in [-0.15, -0.1) is 0 Å². The van der Waals surface area contributed by atoms with Gasteiger partial charge >= 0.3 is 5.97 Å². The van der Waals surface area contributed by atoms with Crippen molar-refractivity contribution in [3.05, 3.63) is 65.0 Å². The molecule has 6 heteroatoms. The van der Waals surface area contributed by atoms with E-state index in [1.165, 1.54) is 5.56 Å². The van der Waals surface area contributed by atoms with Crippen LogP contribution >= 0.6 is 0 Å². The fourth-order valence-corrected chi connectivity index (χ4v) is 3.10. The Morgan fingerprint density at radius 1 is 1.20 bits per heavy atom. The first-order chi connectivity index (χ1) is 14.1. The number of carbonyl (C=O) groups excluding carboxylic acids is 1. The van der Waals surface area contributed by atoms with Crippen molar-refractivity contribution in [2.45, 2.75) is 40.0 Å². The summed E-state index contributed by atoms with van der Waals surface area (Å²) in [5, 5.41) is 4.51. The van der Waals surface area contributed by atoms with E-state index in [0.29, 0.717) is 5.76 Å². The molecule has 0 bridgehead atoms. The predicted molar refractivity (Wildman–Crippen MR) is 121 cm³/mol. The van der Waals surface area contributed by atoms with E-state index in [0.717, 1.165) is 34.2 Å². The van der Waals surface area contributed by atoms with Gasteiger partial charge in [0, 0.05) is 37.5 Å². The van der Waals surface area contributed by atoms with Gasteiger partial charge in [0.15, 0.2) is 5.76 Å². The fraction of sp³-hybridized carbons (Fsp3) is 0.375. The average Bonchev–Trinajstić information content (AvgIpc) is 2.95. The van der Waals surface area contributed by atoms with Gasteiger partial charge < -0.3 is 9.47 Å². The van der Waals surface area contributed by atoms with Gasteiger partial charge in [0.1, 0.15) is 5.69 Å². The smallest absolute Gasteiger partial charge is 0.333 e. The Bertz CT molecular complexity index is 974. The monoisotopic (exact) mass is 409 g/mol. The Kier molecular flexibility index (Phi) is 7.38. The highest BCUT2D eigenvalue weighted by Crippen LogP contribution is 2.31. The lowest BCUT2D eigenvalue weighted by molar-refractivity contribution is -0.145. The molecule has 0 unspecified atom stereocenters. The van der Waals surface area contributed by atoms with E-state index in [9.17, 15) is 4.79 Å². The molecule has 1 aromatic heterocycles. The van der Waals surface area contributed by atoms with Crippen LogP contribution in [0.1, 0.15) is 48.8 Å². The number of allylic oxidation sites excluding steroid dienone is 1. The molecule has 0 spiro atoms.